The van der Waals surface area contributed by atoms with Crippen molar-refractivity contribution in [3.05, 3.63) is 17.5 Å². The van der Waals surface area contributed by atoms with Crippen molar-refractivity contribution >= 4 is 11.9 Å². The zero-order valence-corrected chi connectivity index (χ0v) is 13.1. The number of aliphatic carboxylic acids is 1. The van der Waals surface area contributed by atoms with Gasteiger partial charge in [-0.25, -0.2) is 0 Å². The van der Waals surface area contributed by atoms with Crippen molar-refractivity contribution in [1.29, 1.82) is 0 Å². The van der Waals surface area contributed by atoms with Gasteiger partial charge in [-0.15, -0.1) is 0 Å². The van der Waals surface area contributed by atoms with E-state index < -0.39 is 29.2 Å². The summed E-state index contributed by atoms with van der Waals surface area (Å²) in [5.41, 5.74) is -2.03. The molecule has 0 radical (unpaired) electrons. The van der Waals surface area contributed by atoms with Gasteiger partial charge < -0.3 is 10.0 Å². The van der Waals surface area contributed by atoms with Crippen LogP contribution in [-0.4, -0.2) is 44.8 Å². The van der Waals surface area contributed by atoms with Crippen LogP contribution in [0.5, 0.6) is 0 Å². The number of rotatable bonds is 3. The van der Waals surface area contributed by atoms with Gasteiger partial charge in [0.05, 0.1) is 11.5 Å². The van der Waals surface area contributed by atoms with Crippen LogP contribution in [0.15, 0.2) is 6.07 Å². The molecule has 0 aromatic carbocycles. The van der Waals surface area contributed by atoms with Gasteiger partial charge in [-0.05, 0) is 32.6 Å². The van der Waals surface area contributed by atoms with Crippen LogP contribution < -0.4 is 0 Å². The highest BCUT2D eigenvalue weighted by Crippen LogP contribution is 2.39. The van der Waals surface area contributed by atoms with E-state index in [2.05, 4.69) is 5.10 Å². The van der Waals surface area contributed by atoms with Crippen molar-refractivity contribution in [2.24, 2.45) is 5.41 Å². The van der Waals surface area contributed by atoms with Gasteiger partial charge in [-0.1, -0.05) is 0 Å². The molecule has 132 valence electrons. The molecule has 0 spiro atoms. The summed E-state index contributed by atoms with van der Waals surface area (Å²) in [4.78, 5) is 25.3. The summed E-state index contributed by atoms with van der Waals surface area (Å²) in [5, 5.41) is 12.8. The van der Waals surface area contributed by atoms with E-state index in [-0.39, 0.29) is 37.7 Å². The zero-order chi connectivity index (χ0) is 17.7. The maximum atomic E-state index is 12.9. The number of hydrogen-bond donors (Lipinski definition) is 1. The molecule has 1 saturated carbocycles. The highest BCUT2D eigenvalue weighted by Gasteiger charge is 2.42. The number of amides is 1. The zero-order valence-electron chi connectivity index (χ0n) is 13.1. The highest BCUT2D eigenvalue weighted by atomic mass is 19.4. The van der Waals surface area contributed by atoms with Crippen molar-refractivity contribution < 1.29 is 27.9 Å². The van der Waals surface area contributed by atoms with E-state index in [4.69, 9.17) is 0 Å². The van der Waals surface area contributed by atoms with E-state index in [0.29, 0.717) is 12.8 Å². The van der Waals surface area contributed by atoms with Gasteiger partial charge in [0.25, 0.3) is 5.91 Å². The van der Waals surface area contributed by atoms with Crippen molar-refractivity contribution in [3.8, 4) is 0 Å². The Bertz CT molecular complexity index is 671. The third-order valence-corrected chi connectivity index (χ3v) is 4.81. The summed E-state index contributed by atoms with van der Waals surface area (Å²) in [7, 11) is 0. The molecule has 24 heavy (non-hydrogen) atoms. The maximum absolute atomic E-state index is 12.9. The number of alkyl halides is 3. The van der Waals surface area contributed by atoms with E-state index in [0.717, 1.165) is 6.07 Å². The molecular formula is C15H18F3N3O3. The Kier molecular flexibility index (Phi) is 3.84. The molecule has 0 bridgehead atoms. The van der Waals surface area contributed by atoms with Crippen molar-refractivity contribution in [3.63, 3.8) is 0 Å². The molecule has 2 aliphatic rings. The van der Waals surface area contributed by atoms with Gasteiger partial charge in [-0.2, -0.15) is 18.3 Å². The average molecular weight is 345 g/mol. The van der Waals surface area contributed by atoms with Crippen LogP contribution in [-0.2, 0) is 11.0 Å². The van der Waals surface area contributed by atoms with Crippen LogP contribution in [0, 0.1) is 5.41 Å². The number of piperidine rings is 1. The van der Waals surface area contributed by atoms with Gasteiger partial charge in [0.1, 0.15) is 5.69 Å². The molecule has 1 saturated heterocycles. The first-order valence-corrected chi connectivity index (χ1v) is 7.81. The van der Waals surface area contributed by atoms with Crippen LogP contribution in [0.25, 0.3) is 0 Å². The quantitative estimate of drug-likeness (QED) is 0.914. The van der Waals surface area contributed by atoms with Gasteiger partial charge in [0.2, 0.25) is 0 Å². The molecule has 1 amide bonds. The Labute approximate surface area is 136 Å². The summed E-state index contributed by atoms with van der Waals surface area (Å²) in [6.45, 7) is 2.03. The number of hydrogen-bond acceptors (Lipinski definition) is 3. The smallest absolute Gasteiger partial charge is 0.435 e. The topological polar surface area (TPSA) is 75.4 Å². The Hall–Kier alpha value is -2.06. The first-order chi connectivity index (χ1) is 11.1. The summed E-state index contributed by atoms with van der Waals surface area (Å²) < 4.78 is 39.9. The lowest BCUT2D eigenvalue weighted by Gasteiger charge is -2.36. The fraction of sp³-hybridized carbons (Fsp3) is 0.667. The molecule has 1 N–H and O–H groups in total. The standard InChI is InChI=1S/C15H18F3N3O3/c1-14(13(23)24)4-6-20(7-5-14)12(22)10-8-11(15(16,17)18)19-21(10)9-2-3-9/h8-9H,2-7H2,1H3,(H,23,24). The molecule has 0 atom stereocenters. The van der Waals surface area contributed by atoms with Crippen LogP contribution in [0.3, 0.4) is 0 Å². The minimum absolute atomic E-state index is 0.0660. The lowest BCUT2D eigenvalue weighted by Crippen LogP contribution is -2.45. The van der Waals surface area contributed by atoms with Gasteiger partial charge >= 0.3 is 12.1 Å². The predicted molar refractivity (Wildman–Crippen MR) is 76.4 cm³/mol. The van der Waals surface area contributed by atoms with Crippen LogP contribution >= 0.6 is 0 Å². The molecule has 9 heteroatoms. The Morgan fingerprint density at radius 2 is 1.88 bits per heavy atom. The highest BCUT2D eigenvalue weighted by molar-refractivity contribution is 5.93. The number of nitrogens with zero attached hydrogens (tertiary/aromatic N) is 3. The maximum Gasteiger partial charge on any atom is 0.435 e. The molecule has 1 aromatic rings. The minimum Gasteiger partial charge on any atom is -0.481 e. The Morgan fingerprint density at radius 3 is 2.33 bits per heavy atom. The Balaban J connectivity index is 1.81. The second kappa shape index (κ2) is 5.49. The summed E-state index contributed by atoms with van der Waals surface area (Å²) >= 11 is 0. The van der Waals surface area contributed by atoms with E-state index in [1.807, 2.05) is 0 Å². The van der Waals surface area contributed by atoms with Crippen LogP contribution in [0.1, 0.15) is 54.8 Å². The van der Waals surface area contributed by atoms with Crippen LogP contribution in [0.4, 0.5) is 13.2 Å². The second-order valence-electron chi connectivity index (χ2n) is 6.75. The molecule has 1 aliphatic heterocycles. The lowest BCUT2D eigenvalue weighted by atomic mass is 9.80. The van der Waals surface area contributed by atoms with E-state index >= 15 is 0 Å². The molecular weight excluding hydrogens is 327 g/mol. The number of aromatic nitrogens is 2. The van der Waals surface area contributed by atoms with Crippen molar-refractivity contribution in [2.45, 2.75) is 44.8 Å². The van der Waals surface area contributed by atoms with E-state index in [1.54, 1.807) is 6.92 Å². The molecule has 6 nitrogen and oxygen atoms in total. The van der Waals surface area contributed by atoms with Gasteiger partial charge in [-0.3, -0.25) is 14.3 Å². The third kappa shape index (κ3) is 2.99. The fourth-order valence-electron chi connectivity index (χ4n) is 2.87. The first kappa shape index (κ1) is 16.8. The van der Waals surface area contributed by atoms with Gasteiger partial charge in [0, 0.05) is 19.2 Å². The first-order valence-electron chi connectivity index (χ1n) is 7.81. The van der Waals surface area contributed by atoms with E-state index in [9.17, 15) is 27.9 Å². The minimum atomic E-state index is -4.60. The number of halogens is 3. The predicted octanol–water partition coefficient (Wildman–Crippen LogP) is 2.56. The molecule has 1 aromatic heterocycles. The van der Waals surface area contributed by atoms with Crippen molar-refractivity contribution in [1.82, 2.24) is 14.7 Å². The Morgan fingerprint density at radius 1 is 1.29 bits per heavy atom. The second-order valence-corrected chi connectivity index (χ2v) is 6.75. The number of carboxylic acid groups (broad SMARTS) is 1. The monoisotopic (exact) mass is 345 g/mol. The number of carbonyl (C=O) groups excluding carboxylic acids is 1. The molecule has 3 rings (SSSR count). The summed E-state index contributed by atoms with van der Waals surface area (Å²) in [6, 6.07) is 0.639. The number of likely N-dealkylation sites (tertiary alicyclic amines) is 1. The number of carboxylic acids is 1. The molecule has 2 fully saturated rings. The molecule has 0 unspecified atom stereocenters. The third-order valence-electron chi connectivity index (χ3n) is 4.81. The molecule has 1 aliphatic carbocycles. The largest absolute Gasteiger partial charge is 0.481 e. The summed E-state index contributed by atoms with van der Waals surface area (Å²) in [5.74, 6) is -1.44. The van der Waals surface area contributed by atoms with Gasteiger partial charge in [0.15, 0.2) is 5.69 Å². The lowest BCUT2D eigenvalue weighted by molar-refractivity contribution is -0.150. The summed E-state index contributed by atoms with van der Waals surface area (Å²) in [6.07, 6.45) is -2.64. The average Bonchev–Trinajstić information content (AvgIpc) is 3.24. The SMILES string of the molecule is CC1(C(=O)O)CCN(C(=O)c2cc(C(F)(F)F)nn2C2CC2)CC1. The number of carbonyl (C=O) groups is 2. The van der Waals surface area contributed by atoms with Crippen LogP contribution in [0.2, 0.25) is 0 Å². The fourth-order valence-corrected chi connectivity index (χ4v) is 2.87. The van der Waals surface area contributed by atoms with Crippen molar-refractivity contribution in [2.75, 3.05) is 13.1 Å². The molecule has 2 heterocycles. The van der Waals surface area contributed by atoms with E-state index in [1.165, 1.54) is 9.58 Å². The normalized spacial score (nSPS) is 20.9.